The molecule has 1 aliphatic rings. The molecule has 0 spiro atoms. The molecule has 5 nitrogen and oxygen atoms in total. The second kappa shape index (κ2) is 11.1. The van der Waals surface area contributed by atoms with Gasteiger partial charge in [-0.15, -0.1) is 0 Å². The summed E-state index contributed by atoms with van der Waals surface area (Å²) in [7, 11) is 0. The van der Waals surface area contributed by atoms with E-state index in [1.165, 1.54) is 38.3 Å². The molecule has 140 valence electrons. The van der Waals surface area contributed by atoms with E-state index in [2.05, 4.69) is 65.5 Å². The topological polar surface area (TPSA) is 42.9 Å². The van der Waals surface area contributed by atoms with Crippen molar-refractivity contribution in [1.29, 1.82) is 0 Å². The van der Waals surface area contributed by atoms with Crippen LogP contribution in [0.5, 0.6) is 0 Å². The summed E-state index contributed by atoms with van der Waals surface area (Å²) in [6.07, 6.45) is 0. The first kappa shape index (κ1) is 19.7. The molecule has 2 rings (SSSR count). The van der Waals surface area contributed by atoms with Crippen LogP contribution in [0.2, 0.25) is 0 Å². The van der Waals surface area contributed by atoms with Crippen molar-refractivity contribution in [2.24, 2.45) is 10.9 Å². The van der Waals surface area contributed by atoms with Gasteiger partial charge in [-0.05, 0) is 24.9 Å². The first-order valence-corrected chi connectivity index (χ1v) is 9.72. The van der Waals surface area contributed by atoms with E-state index in [4.69, 9.17) is 4.99 Å². The van der Waals surface area contributed by atoms with E-state index in [0.29, 0.717) is 12.5 Å². The first-order chi connectivity index (χ1) is 12.2. The fraction of sp³-hybridized carbons (Fsp3) is 0.650. The third kappa shape index (κ3) is 7.45. The fourth-order valence-corrected chi connectivity index (χ4v) is 3.16. The first-order valence-electron chi connectivity index (χ1n) is 9.72. The Hall–Kier alpha value is -1.59. The molecule has 1 saturated heterocycles. The molecule has 1 aromatic rings. The number of aliphatic imine (C=N–C) groups is 1. The Balaban J connectivity index is 1.74. The van der Waals surface area contributed by atoms with Gasteiger partial charge in [-0.2, -0.15) is 0 Å². The standard InChI is InChI=1S/C20H35N5/c1-4-21-20(23-16-19-9-7-6-8-10-19)22-15-18(3)17-25-13-11-24(5-2)12-14-25/h6-10,18H,4-5,11-17H2,1-3H3,(H2,21,22,23). The van der Waals surface area contributed by atoms with E-state index >= 15 is 0 Å². The van der Waals surface area contributed by atoms with Crippen LogP contribution in [0.25, 0.3) is 0 Å². The van der Waals surface area contributed by atoms with Crippen molar-refractivity contribution in [3.63, 3.8) is 0 Å². The van der Waals surface area contributed by atoms with Gasteiger partial charge >= 0.3 is 0 Å². The average molecular weight is 346 g/mol. The van der Waals surface area contributed by atoms with Crippen molar-refractivity contribution in [3.8, 4) is 0 Å². The lowest BCUT2D eigenvalue weighted by molar-refractivity contribution is 0.124. The molecule has 0 radical (unpaired) electrons. The monoisotopic (exact) mass is 345 g/mol. The number of hydrogen-bond donors (Lipinski definition) is 2. The Kier molecular flexibility index (Phi) is 8.77. The summed E-state index contributed by atoms with van der Waals surface area (Å²) >= 11 is 0. The van der Waals surface area contributed by atoms with Crippen LogP contribution in [0.15, 0.2) is 35.3 Å². The fourth-order valence-electron chi connectivity index (χ4n) is 3.16. The smallest absolute Gasteiger partial charge is 0.191 e. The van der Waals surface area contributed by atoms with Gasteiger partial charge in [0, 0.05) is 45.8 Å². The Labute approximate surface area is 153 Å². The summed E-state index contributed by atoms with van der Waals surface area (Å²) in [6.45, 7) is 16.4. The van der Waals surface area contributed by atoms with E-state index < -0.39 is 0 Å². The van der Waals surface area contributed by atoms with Crippen LogP contribution >= 0.6 is 0 Å². The predicted molar refractivity (Wildman–Crippen MR) is 107 cm³/mol. The number of piperazine rings is 1. The number of hydrogen-bond acceptors (Lipinski definition) is 3. The van der Waals surface area contributed by atoms with Crippen molar-refractivity contribution in [2.75, 3.05) is 52.4 Å². The third-order valence-electron chi connectivity index (χ3n) is 4.71. The largest absolute Gasteiger partial charge is 0.357 e. The molecule has 0 amide bonds. The van der Waals surface area contributed by atoms with Crippen molar-refractivity contribution in [1.82, 2.24) is 20.4 Å². The van der Waals surface area contributed by atoms with Gasteiger partial charge in [-0.25, -0.2) is 4.99 Å². The Morgan fingerprint density at radius 1 is 1.04 bits per heavy atom. The van der Waals surface area contributed by atoms with Crippen molar-refractivity contribution in [3.05, 3.63) is 35.9 Å². The maximum absolute atomic E-state index is 4.70. The van der Waals surface area contributed by atoms with Crippen LogP contribution in [-0.4, -0.2) is 68.1 Å². The molecule has 1 atom stereocenters. The number of benzene rings is 1. The number of nitrogens with zero attached hydrogens (tertiary/aromatic N) is 3. The molecule has 1 aliphatic heterocycles. The van der Waals surface area contributed by atoms with Gasteiger partial charge in [0.1, 0.15) is 0 Å². The lowest BCUT2D eigenvalue weighted by Crippen LogP contribution is -2.48. The van der Waals surface area contributed by atoms with E-state index in [9.17, 15) is 0 Å². The van der Waals surface area contributed by atoms with Gasteiger partial charge < -0.3 is 20.4 Å². The number of likely N-dealkylation sites (N-methyl/N-ethyl adjacent to an activating group) is 1. The molecule has 0 saturated carbocycles. The predicted octanol–water partition coefficient (Wildman–Crippen LogP) is 2.02. The molecule has 5 heteroatoms. The van der Waals surface area contributed by atoms with Crippen LogP contribution in [0, 0.1) is 5.92 Å². The van der Waals surface area contributed by atoms with E-state index in [0.717, 1.165) is 25.6 Å². The van der Waals surface area contributed by atoms with Gasteiger partial charge in [0.2, 0.25) is 0 Å². The minimum Gasteiger partial charge on any atom is -0.357 e. The number of rotatable bonds is 8. The van der Waals surface area contributed by atoms with Crippen LogP contribution < -0.4 is 10.6 Å². The second-order valence-electron chi connectivity index (χ2n) is 6.90. The van der Waals surface area contributed by atoms with Gasteiger partial charge in [0.25, 0.3) is 0 Å². The second-order valence-corrected chi connectivity index (χ2v) is 6.90. The molecule has 0 aromatic heterocycles. The Morgan fingerprint density at radius 3 is 2.36 bits per heavy atom. The van der Waals surface area contributed by atoms with Gasteiger partial charge in [-0.1, -0.05) is 44.2 Å². The Morgan fingerprint density at radius 2 is 1.72 bits per heavy atom. The third-order valence-corrected chi connectivity index (χ3v) is 4.71. The summed E-state index contributed by atoms with van der Waals surface area (Å²) in [4.78, 5) is 9.81. The minimum atomic E-state index is 0.605. The number of guanidine groups is 1. The highest BCUT2D eigenvalue weighted by Gasteiger charge is 2.17. The molecular formula is C20H35N5. The molecule has 25 heavy (non-hydrogen) atoms. The van der Waals surface area contributed by atoms with Crippen molar-refractivity contribution in [2.45, 2.75) is 27.3 Å². The zero-order valence-corrected chi connectivity index (χ0v) is 16.2. The lowest BCUT2D eigenvalue weighted by atomic mass is 10.1. The van der Waals surface area contributed by atoms with E-state index in [-0.39, 0.29) is 0 Å². The molecule has 1 unspecified atom stereocenters. The van der Waals surface area contributed by atoms with Crippen LogP contribution in [0.4, 0.5) is 0 Å². The molecule has 1 heterocycles. The van der Waals surface area contributed by atoms with Gasteiger partial charge in [0.05, 0.1) is 6.54 Å². The summed E-state index contributed by atoms with van der Waals surface area (Å²) < 4.78 is 0. The van der Waals surface area contributed by atoms with Gasteiger partial charge in [0.15, 0.2) is 5.96 Å². The summed E-state index contributed by atoms with van der Waals surface area (Å²) in [5, 5.41) is 6.85. The van der Waals surface area contributed by atoms with Crippen LogP contribution in [-0.2, 0) is 6.54 Å². The van der Waals surface area contributed by atoms with E-state index in [1.807, 2.05) is 6.07 Å². The highest BCUT2D eigenvalue weighted by atomic mass is 15.3. The molecule has 1 fully saturated rings. The zero-order valence-electron chi connectivity index (χ0n) is 16.2. The molecule has 0 bridgehead atoms. The van der Waals surface area contributed by atoms with Crippen molar-refractivity contribution < 1.29 is 0 Å². The molecule has 2 N–H and O–H groups in total. The zero-order chi connectivity index (χ0) is 17.9. The maximum atomic E-state index is 4.70. The maximum Gasteiger partial charge on any atom is 0.191 e. The minimum absolute atomic E-state index is 0.605. The average Bonchev–Trinajstić information content (AvgIpc) is 2.65. The molecule has 0 aliphatic carbocycles. The Bertz CT molecular complexity index is 494. The molecule has 1 aromatic carbocycles. The van der Waals surface area contributed by atoms with Crippen LogP contribution in [0.3, 0.4) is 0 Å². The van der Waals surface area contributed by atoms with Crippen LogP contribution in [0.1, 0.15) is 26.3 Å². The SMILES string of the molecule is CCNC(=NCc1ccccc1)NCC(C)CN1CCN(CC)CC1. The summed E-state index contributed by atoms with van der Waals surface area (Å²) in [5.74, 6) is 1.52. The highest BCUT2D eigenvalue weighted by Crippen LogP contribution is 2.05. The van der Waals surface area contributed by atoms with E-state index in [1.54, 1.807) is 0 Å². The summed E-state index contributed by atoms with van der Waals surface area (Å²) in [6, 6.07) is 10.4. The normalized spacial score (nSPS) is 18.1. The highest BCUT2D eigenvalue weighted by molar-refractivity contribution is 5.79. The number of nitrogens with one attached hydrogen (secondary N) is 2. The van der Waals surface area contributed by atoms with Gasteiger partial charge in [-0.3, -0.25) is 0 Å². The molecular weight excluding hydrogens is 310 g/mol. The lowest BCUT2D eigenvalue weighted by Gasteiger charge is -2.35. The summed E-state index contributed by atoms with van der Waals surface area (Å²) in [5.41, 5.74) is 1.24. The van der Waals surface area contributed by atoms with Crippen molar-refractivity contribution >= 4 is 5.96 Å². The quantitative estimate of drug-likeness (QED) is 0.559.